The van der Waals surface area contributed by atoms with Crippen LogP contribution in [-0.4, -0.2) is 33.3 Å². The molecule has 0 amide bonds. The Balaban J connectivity index is 1.63. The normalized spacial score (nSPS) is 24.7. The summed E-state index contributed by atoms with van der Waals surface area (Å²) in [5.74, 6) is 2.84. The highest BCUT2D eigenvalue weighted by Crippen LogP contribution is 2.34. The van der Waals surface area contributed by atoms with Gasteiger partial charge in [-0.05, 0) is 56.3 Å². The van der Waals surface area contributed by atoms with Gasteiger partial charge in [-0.15, -0.1) is 0 Å². The molecule has 3 nitrogen and oxygen atoms in total. The maximum absolute atomic E-state index is 5.47. The summed E-state index contributed by atoms with van der Waals surface area (Å²) in [7, 11) is 1.76. The predicted octanol–water partition coefficient (Wildman–Crippen LogP) is 2.52. The molecule has 0 aromatic heterocycles. The summed E-state index contributed by atoms with van der Waals surface area (Å²) in [4.78, 5) is 2.48. The van der Waals surface area contributed by atoms with Crippen molar-refractivity contribution in [2.24, 2.45) is 11.8 Å². The molecule has 3 heteroatoms. The van der Waals surface area contributed by atoms with Gasteiger partial charge in [-0.1, -0.05) is 12.1 Å². The number of nitrogens with zero attached hydrogens (tertiary/aromatic N) is 1. The van der Waals surface area contributed by atoms with E-state index in [1.54, 1.807) is 7.11 Å². The number of hydrogen-bond donors (Lipinski definition) is 1. The van der Waals surface area contributed by atoms with Crippen LogP contribution in [0.2, 0.25) is 0 Å². The Morgan fingerprint density at radius 3 is 2.58 bits per heavy atom. The van der Waals surface area contributed by atoms with Crippen molar-refractivity contribution in [3.8, 4) is 5.75 Å². The average molecular weight is 260 g/mol. The van der Waals surface area contributed by atoms with Gasteiger partial charge in [0, 0.05) is 13.1 Å². The van der Waals surface area contributed by atoms with Gasteiger partial charge in [0.25, 0.3) is 0 Å². The molecule has 1 aromatic carbocycles. The molecule has 3 rings (SSSR count). The van der Waals surface area contributed by atoms with Crippen LogP contribution in [0, 0.1) is 11.8 Å². The molecular formula is C16H24N2O. The molecule has 0 saturated carbocycles. The molecular weight excluding hydrogens is 236 g/mol. The topological polar surface area (TPSA) is 24.5 Å². The molecule has 0 bridgehead atoms. The van der Waals surface area contributed by atoms with Gasteiger partial charge < -0.3 is 15.0 Å². The minimum absolute atomic E-state index is 0.916. The van der Waals surface area contributed by atoms with E-state index in [0.717, 1.165) is 17.6 Å². The fourth-order valence-corrected chi connectivity index (χ4v) is 3.58. The van der Waals surface area contributed by atoms with E-state index in [2.05, 4.69) is 28.4 Å². The lowest BCUT2D eigenvalue weighted by atomic mass is 9.83. The lowest BCUT2D eigenvalue weighted by Gasteiger charge is -2.36. The van der Waals surface area contributed by atoms with Crippen molar-refractivity contribution in [3.05, 3.63) is 24.3 Å². The van der Waals surface area contributed by atoms with Gasteiger partial charge in [0.1, 0.15) is 5.75 Å². The molecule has 1 aromatic rings. The van der Waals surface area contributed by atoms with Crippen LogP contribution in [0.4, 0.5) is 5.69 Å². The minimum atomic E-state index is 0.916. The molecule has 2 aliphatic rings. The number of methoxy groups -OCH3 is 1. The first kappa shape index (κ1) is 12.8. The van der Waals surface area contributed by atoms with Crippen molar-refractivity contribution in [1.29, 1.82) is 0 Å². The van der Waals surface area contributed by atoms with Crippen molar-refractivity contribution in [2.75, 3.05) is 38.2 Å². The summed E-state index contributed by atoms with van der Waals surface area (Å²) in [5.41, 5.74) is 1.26. The molecule has 0 spiro atoms. The number of ether oxygens (including phenoxy) is 1. The van der Waals surface area contributed by atoms with E-state index in [9.17, 15) is 0 Å². The van der Waals surface area contributed by atoms with Crippen molar-refractivity contribution in [2.45, 2.75) is 19.3 Å². The lowest BCUT2D eigenvalue weighted by molar-refractivity contribution is 0.291. The summed E-state index contributed by atoms with van der Waals surface area (Å²) in [6, 6.07) is 8.38. The van der Waals surface area contributed by atoms with Crippen LogP contribution in [-0.2, 0) is 0 Å². The van der Waals surface area contributed by atoms with Crippen LogP contribution in [0.1, 0.15) is 19.3 Å². The van der Waals surface area contributed by atoms with Gasteiger partial charge in [-0.3, -0.25) is 0 Å². The number of hydrogen-bond acceptors (Lipinski definition) is 3. The van der Waals surface area contributed by atoms with Gasteiger partial charge in [0.2, 0.25) is 0 Å². The van der Waals surface area contributed by atoms with E-state index in [4.69, 9.17) is 4.74 Å². The predicted molar refractivity (Wildman–Crippen MR) is 78.9 cm³/mol. The molecule has 104 valence electrons. The first-order valence-electron chi connectivity index (χ1n) is 7.47. The molecule has 2 heterocycles. The molecule has 2 aliphatic heterocycles. The van der Waals surface area contributed by atoms with Crippen LogP contribution in [0.25, 0.3) is 0 Å². The Morgan fingerprint density at radius 2 is 1.89 bits per heavy atom. The third-order valence-corrected chi connectivity index (χ3v) is 4.73. The third kappa shape index (κ3) is 2.71. The lowest BCUT2D eigenvalue weighted by Crippen LogP contribution is -2.36. The number of rotatable bonds is 3. The van der Waals surface area contributed by atoms with Crippen molar-refractivity contribution < 1.29 is 4.74 Å². The van der Waals surface area contributed by atoms with Crippen molar-refractivity contribution in [1.82, 2.24) is 5.32 Å². The second-order valence-electron chi connectivity index (χ2n) is 5.75. The van der Waals surface area contributed by atoms with E-state index in [1.807, 2.05) is 6.07 Å². The summed E-state index contributed by atoms with van der Waals surface area (Å²) in [5, 5.41) is 3.50. The molecule has 1 unspecified atom stereocenters. The molecule has 0 radical (unpaired) electrons. The standard InChI is InChI=1S/C16H24N2O/c1-19-16-5-3-2-4-15(16)18-10-7-13(8-11-18)14-6-9-17-12-14/h2-5,13-14,17H,6-12H2,1H3. The van der Waals surface area contributed by atoms with Crippen LogP contribution >= 0.6 is 0 Å². The van der Waals surface area contributed by atoms with Gasteiger partial charge in [-0.2, -0.15) is 0 Å². The number of nitrogens with one attached hydrogen (secondary N) is 1. The Morgan fingerprint density at radius 1 is 1.11 bits per heavy atom. The Labute approximate surface area is 115 Å². The first-order chi connectivity index (χ1) is 9.38. The van der Waals surface area contributed by atoms with E-state index in [1.165, 1.54) is 51.1 Å². The van der Waals surface area contributed by atoms with E-state index in [-0.39, 0.29) is 0 Å². The zero-order chi connectivity index (χ0) is 13.1. The monoisotopic (exact) mass is 260 g/mol. The molecule has 2 fully saturated rings. The second-order valence-corrected chi connectivity index (χ2v) is 5.75. The van der Waals surface area contributed by atoms with Crippen LogP contribution in [0.3, 0.4) is 0 Å². The number of anilines is 1. The number of piperidine rings is 1. The smallest absolute Gasteiger partial charge is 0.142 e. The molecule has 0 aliphatic carbocycles. The van der Waals surface area contributed by atoms with Crippen LogP contribution in [0.15, 0.2) is 24.3 Å². The quantitative estimate of drug-likeness (QED) is 0.904. The third-order valence-electron chi connectivity index (χ3n) is 4.73. The Hall–Kier alpha value is -1.22. The SMILES string of the molecule is COc1ccccc1N1CCC(C2CCNC2)CC1. The maximum atomic E-state index is 5.47. The van der Waals surface area contributed by atoms with Crippen molar-refractivity contribution in [3.63, 3.8) is 0 Å². The maximum Gasteiger partial charge on any atom is 0.142 e. The zero-order valence-corrected chi connectivity index (χ0v) is 11.8. The zero-order valence-electron chi connectivity index (χ0n) is 11.8. The van der Waals surface area contributed by atoms with E-state index < -0.39 is 0 Å². The molecule has 2 saturated heterocycles. The first-order valence-corrected chi connectivity index (χ1v) is 7.47. The highest BCUT2D eigenvalue weighted by atomic mass is 16.5. The van der Waals surface area contributed by atoms with Crippen molar-refractivity contribution >= 4 is 5.69 Å². The largest absolute Gasteiger partial charge is 0.495 e. The van der Waals surface area contributed by atoms with E-state index >= 15 is 0 Å². The Bertz CT molecular complexity index is 407. The van der Waals surface area contributed by atoms with Gasteiger partial charge in [-0.25, -0.2) is 0 Å². The number of para-hydroxylation sites is 2. The minimum Gasteiger partial charge on any atom is -0.495 e. The van der Waals surface area contributed by atoms with Gasteiger partial charge in [0.05, 0.1) is 12.8 Å². The Kier molecular flexibility index (Phi) is 3.92. The fourth-order valence-electron chi connectivity index (χ4n) is 3.58. The fraction of sp³-hybridized carbons (Fsp3) is 0.625. The molecule has 1 N–H and O–H groups in total. The molecule has 19 heavy (non-hydrogen) atoms. The summed E-state index contributed by atoms with van der Waals surface area (Å²) >= 11 is 0. The summed E-state index contributed by atoms with van der Waals surface area (Å²) < 4.78 is 5.47. The van der Waals surface area contributed by atoms with Gasteiger partial charge in [0.15, 0.2) is 0 Å². The van der Waals surface area contributed by atoms with Gasteiger partial charge >= 0.3 is 0 Å². The molecule has 1 atom stereocenters. The van der Waals surface area contributed by atoms with Crippen LogP contribution < -0.4 is 15.0 Å². The summed E-state index contributed by atoms with van der Waals surface area (Å²) in [6.45, 7) is 4.79. The highest BCUT2D eigenvalue weighted by molar-refractivity contribution is 5.58. The second kappa shape index (κ2) is 5.83. The average Bonchev–Trinajstić information content (AvgIpc) is 3.02. The number of benzene rings is 1. The highest BCUT2D eigenvalue weighted by Gasteiger charge is 2.29. The summed E-state index contributed by atoms with van der Waals surface area (Å²) in [6.07, 6.45) is 4.02. The van der Waals surface area contributed by atoms with E-state index in [0.29, 0.717) is 0 Å². The van der Waals surface area contributed by atoms with Crippen LogP contribution in [0.5, 0.6) is 5.75 Å².